The summed E-state index contributed by atoms with van der Waals surface area (Å²) in [5, 5.41) is 4.39. The first kappa shape index (κ1) is 20.3. The number of ether oxygens (including phenoxy) is 2. The average Bonchev–Trinajstić information content (AvgIpc) is 2.82. The summed E-state index contributed by atoms with van der Waals surface area (Å²) in [5.74, 6) is 0. The van der Waals surface area contributed by atoms with Crippen LogP contribution in [0.2, 0.25) is 0 Å². The van der Waals surface area contributed by atoms with Gasteiger partial charge in [0.1, 0.15) is 0 Å². The van der Waals surface area contributed by atoms with Crippen molar-refractivity contribution in [1.82, 2.24) is 0 Å². The van der Waals surface area contributed by atoms with Crippen LogP contribution < -0.4 is 15.9 Å². The van der Waals surface area contributed by atoms with Crippen molar-refractivity contribution >= 4 is 23.2 Å². The first-order valence-corrected chi connectivity index (χ1v) is 13.0. The van der Waals surface area contributed by atoms with Gasteiger partial charge in [-0.2, -0.15) is 0 Å². The summed E-state index contributed by atoms with van der Waals surface area (Å²) in [5.41, 5.74) is 0. The summed E-state index contributed by atoms with van der Waals surface area (Å²) < 4.78 is 11.8. The Labute approximate surface area is 175 Å². The first-order chi connectivity index (χ1) is 14.4. The van der Waals surface area contributed by atoms with E-state index in [0.29, 0.717) is 0 Å². The van der Waals surface area contributed by atoms with E-state index >= 15 is 0 Å². The van der Waals surface area contributed by atoms with Gasteiger partial charge >= 0.3 is 175 Å². The van der Waals surface area contributed by atoms with Gasteiger partial charge in [-0.3, -0.25) is 0 Å². The summed E-state index contributed by atoms with van der Waals surface area (Å²) in [6.45, 7) is 1.59. The fourth-order valence-corrected chi connectivity index (χ4v) is 9.32. The molecular formula is C26H31O2P. The van der Waals surface area contributed by atoms with Crippen LogP contribution in [0.5, 0.6) is 0 Å². The average molecular weight is 407 g/mol. The van der Waals surface area contributed by atoms with Crippen LogP contribution in [-0.4, -0.2) is 25.7 Å². The van der Waals surface area contributed by atoms with E-state index in [1.807, 2.05) is 0 Å². The Balaban J connectivity index is 1.64. The van der Waals surface area contributed by atoms with Crippen LogP contribution in [0.25, 0.3) is 0 Å². The normalized spacial score (nSPS) is 17.7. The van der Waals surface area contributed by atoms with Gasteiger partial charge in [0.2, 0.25) is 0 Å². The second kappa shape index (κ2) is 10.2. The van der Waals surface area contributed by atoms with Gasteiger partial charge < -0.3 is 0 Å². The second-order valence-electron chi connectivity index (χ2n) is 7.77. The van der Waals surface area contributed by atoms with Crippen molar-refractivity contribution in [3.8, 4) is 0 Å². The van der Waals surface area contributed by atoms with Crippen LogP contribution in [0.4, 0.5) is 0 Å². The fourth-order valence-electron chi connectivity index (χ4n) is 4.50. The molecule has 0 N–H and O–H groups in total. The number of hydrogen-bond donors (Lipinski definition) is 0. The molecule has 0 bridgehead atoms. The van der Waals surface area contributed by atoms with Crippen LogP contribution in [0, 0.1) is 0 Å². The molecule has 1 atom stereocenters. The predicted molar refractivity (Wildman–Crippen MR) is 126 cm³/mol. The number of hydrogen-bond acceptors (Lipinski definition) is 2. The van der Waals surface area contributed by atoms with Gasteiger partial charge in [0.05, 0.1) is 0 Å². The van der Waals surface area contributed by atoms with Crippen molar-refractivity contribution in [1.29, 1.82) is 0 Å². The molecule has 1 fully saturated rings. The Morgan fingerprint density at radius 1 is 0.724 bits per heavy atom. The molecular weight excluding hydrogens is 375 g/mol. The monoisotopic (exact) mass is 406 g/mol. The number of benzene rings is 3. The summed E-state index contributed by atoms with van der Waals surface area (Å²) in [6.07, 6.45) is 5.54. The molecule has 1 saturated heterocycles. The zero-order chi connectivity index (χ0) is 19.8. The van der Waals surface area contributed by atoms with Gasteiger partial charge in [-0.05, 0) is 0 Å². The predicted octanol–water partition coefficient (Wildman–Crippen LogP) is 4.65. The van der Waals surface area contributed by atoms with Crippen molar-refractivity contribution in [2.75, 3.05) is 19.4 Å². The van der Waals surface area contributed by atoms with E-state index < -0.39 is 7.26 Å². The zero-order valence-electron chi connectivity index (χ0n) is 17.0. The molecule has 3 aromatic rings. The Kier molecular flexibility index (Phi) is 7.11. The Morgan fingerprint density at radius 3 is 1.69 bits per heavy atom. The molecule has 0 aromatic heterocycles. The van der Waals surface area contributed by atoms with E-state index in [0.717, 1.165) is 38.6 Å². The molecule has 152 valence electrons. The summed E-state index contributed by atoms with van der Waals surface area (Å²) in [4.78, 5) is 0. The third-order valence-corrected chi connectivity index (χ3v) is 11.0. The molecule has 0 amide bonds. The minimum atomic E-state index is -2.13. The summed E-state index contributed by atoms with van der Waals surface area (Å²) in [7, 11) is -2.13. The van der Waals surface area contributed by atoms with E-state index in [1.54, 1.807) is 0 Å². The maximum atomic E-state index is 6.09. The number of rotatable bonds is 8. The summed E-state index contributed by atoms with van der Waals surface area (Å²) in [6, 6.07) is 33.3. The van der Waals surface area contributed by atoms with Crippen LogP contribution in [0.1, 0.15) is 25.7 Å². The standard InChI is InChI=1S/C26H31O2P/c1-4-13-23(14-5-1)29(24-15-6-2-7-16-24,25-17-8-3-9-18-25)22-12-21-28-26-19-10-11-20-27-26/h1-9,13-18,26,29H,10-12,19-22H2. The third kappa shape index (κ3) is 4.78. The van der Waals surface area contributed by atoms with Crippen molar-refractivity contribution in [3.63, 3.8) is 0 Å². The Bertz CT molecular complexity index is 749. The van der Waals surface area contributed by atoms with Gasteiger partial charge in [0.25, 0.3) is 0 Å². The van der Waals surface area contributed by atoms with Gasteiger partial charge in [-0.1, -0.05) is 0 Å². The minimum absolute atomic E-state index is 0.00927. The molecule has 4 rings (SSSR count). The molecule has 1 unspecified atom stereocenters. The fraction of sp³-hybridized carbons (Fsp3) is 0.308. The molecule has 1 aliphatic rings. The molecule has 3 aromatic carbocycles. The first-order valence-electron chi connectivity index (χ1n) is 10.8. The second-order valence-corrected chi connectivity index (χ2v) is 11.8. The van der Waals surface area contributed by atoms with E-state index in [2.05, 4.69) is 91.0 Å². The topological polar surface area (TPSA) is 18.5 Å². The maximum absolute atomic E-state index is 6.09. The van der Waals surface area contributed by atoms with E-state index in [1.165, 1.54) is 22.3 Å². The van der Waals surface area contributed by atoms with Gasteiger partial charge in [0.15, 0.2) is 0 Å². The zero-order valence-corrected chi connectivity index (χ0v) is 18.0. The van der Waals surface area contributed by atoms with Crippen molar-refractivity contribution in [2.45, 2.75) is 32.0 Å². The third-order valence-electron chi connectivity index (χ3n) is 5.94. The van der Waals surface area contributed by atoms with Crippen LogP contribution in [0.3, 0.4) is 0 Å². The molecule has 1 heterocycles. The molecule has 0 aliphatic carbocycles. The molecule has 3 heteroatoms. The molecule has 0 saturated carbocycles. The Hall–Kier alpha value is -1.99. The SMILES string of the molecule is c1ccc([PH](CCCOC2CCCCO2)(c2ccccc2)c2ccccc2)cc1. The quantitative estimate of drug-likeness (QED) is 0.401. The molecule has 1 aliphatic heterocycles. The van der Waals surface area contributed by atoms with Gasteiger partial charge in [0, 0.05) is 0 Å². The molecule has 29 heavy (non-hydrogen) atoms. The van der Waals surface area contributed by atoms with Crippen LogP contribution in [-0.2, 0) is 9.47 Å². The van der Waals surface area contributed by atoms with E-state index in [4.69, 9.17) is 9.47 Å². The van der Waals surface area contributed by atoms with Crippen molar-refractivity contribution in [2.24, 2.45) is 0 Å². The van der Waals surface area contributed by atoms with Gasteiger partial charge in [-0.25, -0.2) is 0 Å². The van der Waals surface area contributed by atoms with Crippen molar-refractivity contribution in [3.05, 3.63) is 91.0 Å². The van der Waals surface area contributed by atoms with E-state index in [-0.39, 0.29) is 6.29 Å². The summed E-state index contributed by atoms with van der Waals surface area (Å²) >= 11 is 0. The molecule has 2 nitrogen and oxygen atoms in total. The Morgan fingerprint density at radius 2 is 1.24 bits per heavy atom. The van der Waals surface area contributed by atoms with E-state index in [9.17, 15) is 0 Å². The molecule has 0 radical (unpaired) electrons. The van der Waals surface area contributed by atoms with Crippen LogP contribution in [0.15, 0.2) is 91.0 Å². The van der Waals surface area contributed by atoms with Crippen LogP contribution >= 0.6 is 7.26 Å². The van der Waals surface area contributed by atoms with Crippen molar-refractivity contribution < 1.29 is 9.47 Å². The molecule has 0 spiro atoms. The van der Waals surface area contributed by atoms with Gasteiger partial charge in [-0.15, -0.1) is 0 Å².